The maximum atomic E-state index is 10.0. The molecule has 1 aliphatic heterocycles. The maximum Gasteiger partial charge on any atom is 0.115 e. The Morgan fingerprint density at radius 3 is 3.05 bits per heavy atom. The van der Waals surface area contributed by atoms with Crippen LogP contribution in [0.5, 0.6) is 5.75 Å². The molecule has 0 aromatic heterocycles. The molecule has 0 amide bonds. The number of phenols is 1. The molecular formula is C20H28NO+. The fourth-order valence-electron chi connectivity index (χ4n) is 5.98. The Morgan fingerprint density at radius 1 is 1.36 bits per heavy atom. The van der Waals surface area contributed by atoms with E-state index in [0.717, 1.165) is 23.0 Å². The summed E-state index contributed by atoms with van der Waals surface area (Å²) < 4.78 is 1.16. The quantitative estimate of drug-likeness (QED) is 0.651. The number of likely N-dealkylation sites (N-methyl/N-ethyl adjacent to an activating group) is 1. The van der Waals surface area contributed by atoms with Crippen molar-refractivity contribution in [3.8, 4) is 5.75 Å². The van der Waals surface area contributed by atoms with Crippen LogP contribution in [-0.4, -0.2) is 35.8 Å². The predicted octanol–water partition coefficient (Wildman–Crippen LogP) is 3.78. The monoisotopic (exact) mass is 298 g/mol. The molecule has 4 atom stereocenters. The molecule has 1 aromatic rings. The molecule has 22 heavy (non-hydrogen) atoms. The van der Waals surface area contributed by atoms with E-state index in [1.54, 1.807) is 0 Å². The normalized spacial score (nSPS) is 39.7. The summed E-state index contributed by atoms with van der Waals surface area (Å²) in [6.07, 6.45) is 9.97. The lowest BCUT2D eigenvalue weighted by Crippen LogP contribution is -2.68. The lowest BCUT2D eigenvalue weighted by atomic mass is 9.52. The standard InChI is InChI=1S/C20H27NO/c1-3-11-21(2)12-10-20-9-5-4-6-17(20)19(21)13-15-7-8-16(22)14-18(15)20/h3,7-8,14,17,19H,1,4-6,9-13H2,2H3/p+1/t17-,19-,20-,21?/m0/s1. The van der Waals surface area contributed by atoms with Crippen molar-refractivity contribution < 1.29 is 9.59 Å². The number of benzene rings is 1. The summed E-state index contributed by atoms with van der Waals surface area (Å²) in [5.41, 5.74) is 3.32. The molecule has 1 saturated carbocycles. The fourth-order valence-corrected chi connectivity index (χ4v) is 5.98. The lowest BCUT2D eigenvalue weighted by molar-refractivity contribution is -0.940. The molecule has 2 bridgehead atoms. The third-order valence-corrected chi connectivity index (χ3v) is 7.04. The van der Waals surface area contributed by atoms with Crippen LogP contribution < -0.4 is 0 Å². The van der Waals surface area contributed by atoms with Gasteiger partial charge in [-0.05, 0) is 42.2 Å². The zero-order chi connectivity index (χ0) is 15.4. The largest absolute Gasteiger partial charge is 0.508 e. The average molecular weight is 298 g/mol. The van der Waals surface area contributed by atoms with Crippen molar-refractivity contribution >= 4 is 0 Å². The molecule has 2 heteroatoms. The molecular weight excluding hydrogens is 270 g/mol. The van der Waals surface area contributed by atoms with Gasteiger partial charge in [0.25, 0.3) is 0 Å². The summed E-state index contributed by atoms with van der Waals surface area (Å²) in [6, 6.07) is 6.89. The number of aromatic hydroxyl groups is 1. The highest BCUT2D eigenvalue weighted by Crippen LogP contribution is 2.57. The highest BCUT2D eigenvalue weighted by atomic mass is 16.3. The van der Waals surface area contributed by atoms with E-state index in [2.05, 4.69) is 31.8 Å². The topological polar surface area (TPSA) is 20.2 Å². The van der Waals surface area contributed by atoms with Gasteiger partial charge in [0.15, 0.2) is 0 Å². The molecule has 3 aliphatic rings. The Morgan fingerprint density at radius 2 is 2.23 bits per heavy atom. The second-order valence-electron chi connectivity index (χ2n) is 8.05. The van der Waals surface area contributed by atoms with Gasteiger partial charge in [0.1, 0.15) is 5.75 Å². The van der Waals surface area contributed by atoms with Crippen molar-refractivity contribution in [2.45, 2.75) is 50.0 Å². The number of nitrogens with zero attached hydrogens (tertiary/aromatic N) is 1. The summed E-state index contributed by atoms with van der Waals surface area (Å²) >= 11 is 0. The van der Waals surface area contributed by atoms with Gasteiger partial charge in [0, 0.05) is 24.2 Å². The van der Waals surface area contributed by atoms with Gasteiger partial charge in [-0.2, -0.15) is 0 Å². The van der Waals surface area contributed by atoms with Crippen LogP contribution in [0.15, 0.2) is 30.9 Å². The minimum atomic E-state index is 0.341. The highest BCUT2D eigenvalue weighted by molar-refractivity contribution is 5.44. The second-order valence-corrected chi connectivity index (χ2v) is 8.05. The number of piperidine rings is 1. The van der Waals surface area contributed by atoms with Crippen LogP contribution in [0.3, 0.4) is 0 Å². The minimum Gasteiger partial charge on any atom is -0.508 e. The first-order valence-corrected chi connectivity index (χ1v) is 8.87. The molecule has 1 aromatic carbocycles. The van der Waals surface area contributed by atoms with Gasteiger partial charge < -0.3 is 9.59 Å². The van der Waals surface area contributed by atoms with E-state index in [1.807, 2.05) is 6.07 Å². The lowest BCUT2D eigenvalue weighted by Gasteiger charge is -2.61. The SMILES string of the molecule is C=CC[N+]1(C)CC[C@@]23CCCC[C@H]2[C@@H]1Cc1ccc(O)cc13. The second kappa shape index (κ2) is 4.86. The van der Waals surface area contributed by atoms with Gasteiger partial charge in [-0.15, -0.1) is 0 Å². The van der Waals surface area contributed by atoms with Crippen LogP contribution >= 0.6 is 0 Å². The average Bonchev–Trinajstić information content (AvgIpc) is 2.52. The summed E-state index contributed by atoms with van der Waals surface area (Å²) in [5, 5.41) is 10.0. The predicted molar refractivity (Wildman–Crippen MR) is 90.0 cm³/mol. The number of hydrogen-bond acceptors (Lipinski definition) is 1. The van der Waals surface area contributed by atoms with Crippen molar-refractivity contribution in [1.82, 2.24) is 0 Å². The zero-order valence-electron chi connectivity index (χ0n) is 13.7. The van der Waals surface area contributed by atoms with Crippen molar-refractivity contribution in [3.63, 3.8) is 0 Å². The summed E-state index contributed by atoms with van der Waals surface area (Å²) in [5.74, 6) is 1.24. The molecule has 4 rings (SSSR count). The van der Waals surface area contributed by atoms with E-state index in [9.17, 15) is 5.11 Å². The Balaban J connectivity index is 1.87. The summed E-state index contributed by atoms with van der Waals surface area (Å²) in [7, 11) is 2.44. The number of hydrogen-bond donors (Lipinski definition) is 1. The van der Waals surface area contributed by atoms with Gasteiger partial charge in [0.2, 0.25) is 0 Å². The number of phenolic OH excluding ortho intramolecular Hbond substituents is 1. The van der Waals surface area contributed by atoms with E-state index >= 15 is 0 Å². The molecule has 2 nitrogen and oxygen atoms in total. The third-order valence-electron chi connectivity index (χ3n) is 7.04. The van der Waals surface area contributed by atoms with Crippen LogP contribution in [0.1, 0.15) is 43.2 Å². The van der Waals surface area contributed by atoms with Crippen molar-refractivity contribution in [2.75, 3.05) is 20.1 Å². The van der Waals surface area contributed by atoms with Crippen LogP contribution in [0.4, 0.5) is 0 Å². The Bertz CT molecular complexity index is 610. The van der Waals surface area contributed by atoms with Crippen molar-refractivity contribution in [1.29, 1.82) is 0 Å². The summed E-state index contributed by atoms with van der Waals surface area (Å²) in [6.45, 7) is 6.36. The number of quaternary nitrogens is 1. The van der Waals surface area contributed by atoms with E-state index in [0.29, 0.717) is 11.2 Å². The first kappa shape index (κ1) is 14.3. The van der Waals surface area contributed by atoms with Crippen LogP contribution in [0.2, 0.25) is 0 Å². The minimum absolute atomic E-state index is 0.341. The molecule has 1 heterocycles. The molecule has 118 valence electrons. The van der Waals surface area contributed by atoms with Crippen molar-refractivity contribution in [3.05, 3.63) is 42.0 Å². The zero-order valence-corrected chi connectivity index (χ0v) is 13.7. The van der Waals surface area contributed by atoms with Crippen LogP contribution in [-0.2, 0) is 11.8 Å². The third kappa shape index (κ3) is 1.83. The van der Waals surface area contributed by atoms with Crippen LogP contribution in [0, 0.1) is 5.92 Å². The van der Waals surface area contributed by atoms with E-state index in [-0.39, 0.29) is 0 Å². The molecule has 0 spiro atoms. The molecule has 2 aliphatic carbocycles. The number of fused-ring (bicyclic) bond motifs is 1. The molecule has 2 fully saturated rings. The van der Waals surface area contributed by atoms with Gasteiger partial charge in [0.05, 0.1) is 26.2 Å². The smallest absolute Gasteiger partial charge is 0.115 e. The number of likely N-dealkylation sites (tertiary alicyclic amines) is 1. The first-order valence-electron chi connectivity index (χ1n) is 8.87. The van der Waals surface area contributed by atoms with Gasteiger partial charge in [-0.1, -0.05) is 25.5 Å². The van der Waals surface area contributed by atoms with Gasteiger partial charge in [-0.25, -0.2) is 0 Å². The van der Waals surface area contributed by atoms with Crippen LogP contribution in [0.25, 0.3) is 0 Å². The first-order chi connectivity index (χ1) is 10.6. The van der Waals surface area contributed by atoms with E-state index < -0.39 is 0 Å². The van der Waals surface area contributed by atoms with Crippen molar-refractivity contribution in [2.24, 2.45) is 5.92 Å². The van der Waals surface area contributed by atoms with Gasteiger partial charge >= 0.3 is 0 Å². The Labute approximate surface area is 134 Å². The molecule has 1 unspecified atom stereocenters. The Kier molecular flexibility index (Phi) is 3.16. The number of rotatable bonds is 2. The maximum absolute atomic E-state index is 10.0. The fraction of sp³-hybridized carbons (Fsp3) is 0.600. The van der Waals surface area contributed by atoms with Gasteiger partial charge in [-0.3, -0.25) is 0 Å². The Hall–Kier alpha value is -1.28. The van der Waals surface area contributed by atoms with E-state index in [4.69, 9.17) is 0 Å². The molecule has 0 radical (unpaired) electrons. The highest BCUT2D eigenvalue weighted by Gasteiger charge is 2.58. The molecule has 1 saturated heterocycles. The summed E-state index contributed by atoms with van der Waals surface area (Å²) in [4.78, 5) is 0. The van der Waals surface area contributed by atoms with E-state index in [1.165, 1.54) is 56.2 Å². The molecule has 1 N–H and O–H groups in total.